The number of carbonyl (C=O) groups excluding carboxylic acids is 1. The van der Waals surface area contributed by atoms with Gasteiger partial charge >= 0.3 is 0 Å². The minimum absolute atomic E-state index is 0.0717. The largest absolute Gasteiger partial charge is 0.343 e. The van der Waals surface area contributed by atoms with E-state index in [1.165, 1.54) is 0 Å². The Labute approximate surface area is 113 Å². The minimum atomic E-state index is -0.449. The van der Waals surface area contributed by atoms with Crippen molar-refractivity contribution in [2.75, 3.05) is 0 Å². The van der Waals surface area contributed by atoms with Crippen LogP contribution in [0.15, 0.2) is 48.8 Å². The molecule has 1 amide bonds. The highest BCUT2D eigenvalue weighted by Crippen LogP contribution is 2.19. The molecule has 1 heterocycles. The summed E-state index contributed by atoms with van der Waals surface area (Å²) in [7, 11) is 0. The van der Waals surface area contributed by atoms with Gasteiger partial charge in [0.2, 0.25) is 0 Å². The summed E-state index contributed by atoms with van der Waals surface area (Å²) in [5.41, 5.74) is 2.29. The summed E-state index contributed by atoms with van der Waals surface area (Å²) in [6, 6.07) is 11.4. The molecule has 0 aliphatic rings. The van der Waals surface area contributed by atoms with Gasteiger partial charge in [0, 0.05) is 18.0 Å². The van der Waals surface area contributed by atoms with E-state index in [1.807, 2.05) is 57.2 Å². The van der Waals surface area contributed by atoms with Crippen LogP contribution in [-0.2, 0) is 5.54 Å². The molecule has 0 saturated heterocycles. The second kappa shape index (κ2) is 5.22. The average Bonchev–Trinajstić information content (AvgIpc) is 2.39. The number of pyridine rings is 1. The molecule has 0 saturated carbocycles. The normalized spacial score (nSPS) is 11.1. The first-order valence-corrected chi connectivity index (χ1v) is 6.29. The molecule has 3 heteroatoms. The van der Waals surface area contributed by atoms with Crippen molar-refractivity contribution in [3.63, 3.8) is 0 Å². The monoisotopic (exact) mass is 254 g/mol. The quantitative estimate of drug-likeness (QED) is 0.914. The van der Waals surface area contributed by atoms with E-state index in [-0.39, 0.29) is 5.91 Å². The Morgan fingerprint density at radius 1 is 1.21 bits per heavy atom. The number of aryl methyl sites for hydroxylation is 1. The van der Waals surface area contributed by atoms with Crippen molar-refractivity contribution in [2.45, 2.75) is 26.3 Å². The molecule has 0 unspecified atom stereocenters. The van der Waals surface area contributed by atoms with Crippen molar-refractivity contribution in [3.8, 4) is 0 Å². The molecule has 2 aromatic rings. The highest BCUT2D eigenvalue weighted by Gasteiger charge is 2.23. The molecular formula is C16H18N2O. The molecule has 1 aromatic heterocycles. The van der Waals surface area contributed by atoms with Crippen LogP contribution in [0.1, 0.15) is 35.3 Å². The summed E-state index contributed by atoms with van der Waals surface area (Å²) in [4.78, 5) is 16.3. The second-order valence-electron chi connectivity index (χ2n) is 5.19. The Balaban J connectivity index is 2.19. The molecule has 98 valence electrons. The Hall–Kier alpha value is -2.16. The smallest absolute Gasteiger partial charge is 0.251 e. The lowest BCUT2D eigenvalue weighted by Gasteiger charge is -2.26. The van der Waals surface area contributed by atoms with Gasteiger partial charge < -0.3 is 5.32 Å². The van der Waals surface area contributed by atoms with Crippen molar-refractivity contribution in [2.24, 2.45) is 0 Å². The molecule has 0 fully saturated rings. The van der Waals surface area contributed by atoms with Crippen LogP contribution in [0.2, 0.25) is 0 Å². The van der Waals surface area contributed by atoms with E-state index in [0.717, 1.165) is 11.1 Å². The van der Waals surface area contributed by atoms with Crippen molar-refractivity contribution in [1.29, 1.82) is 0 Å². The highest BCUT2D eigenvalue weighted by molar-refractivity contribution is 5.94. The molecule has 0 bridgehead atoms. The van der Waals surface area contributed by atoms with Crippen molar-refractivity contribution < 1.29 is 4.79 Å². The Morgan fingerprint density at radius 3 is 2.63 bits per heavy atom. The second-order valence-corrected chi connectivity index (χ2v) is 5.19. The topological polar surface area (TPSA) is 42.0 Å². The number of aromatic nitrogens is 1. The molecule has 1 aromatic carbocycles. The van der Waals surface area contributed by atoms with Gasteiger partial charge in [0.25, 0.3) is 5.91 Å². The third-order valence-corrected chi connectivity index (χ3v) is 3.09. The van der Waals surface area contributed by atoms with Crippen LogP contribution in [0.3, 0.4) is 0 Å². The Morgan fingerprint density at radius 2 is 2.00 bits per heavy atom. The summed E-state index contributed by atoms with van der Waals surface area (Å²) < 4.78 is 0. The van der Waals surface area contributed by atoms with Gasteiger partial charge in [-0.15, -0.1) is 0 Å². The average molecular weight is 254 g/mol. The maximum atomic E-state index is 12.3. The molecule has 0 aliphatic carbocycles. The van der Waals surface area contributed by atoms with E-state index in [1.54, 1.807) is 12.4 Å². The zero-order valence-corrected chi connectivity index (χ0v) is 11.5. The fourth-order valence-electron chi connectivity index (χ4n) is 1.95. The van der Waals surface area contributed by atoms with Gasteiger partial charge in [-0.3, -0.25) is 9.78 Å². The van der Waals surface area contributed by atoms with Crippen LogP contribution in [0.5, 0.6) is 0 Å². The van der Waals surface area contributed by atoms with E-state index < -0.39 is 5.54 Å². The predicted molar refractivity (Wildman–Crippen MR) is 75.9 cm³/mol. The van der Waals surface area contributed by atoms with Gasteiger partial charge in [-0.1, -0.05) is 23.8 Å². The van der Waals surface area contributed by atoms with E-state index in [9.17, 15) is 4.79 Å². The van der Waals surface area contributed by atoms with Crippen molar-refractivity contribution in [3.05, 3.63) is 65.5 Å². The van der Waals surface area contributed by atoms with Gasteiger partial charge in [-0.2, -0.15) is 0 Å². The summed E-state index contributed by atoms with van der Waals surface area (Å²) in [5, 5.41) is 3.04. The van der Waals surface area contributed by atoms with Crippen LogP contribution < -0.4 is 5.32 Å². The molecule has 19 heavy (non-hydrogen) atoms. The lowest BCUT2D eigenvalue weighted by molar-refractivity contribution is 0.0912. The third kappa shape index (κ3) is 3.19. The van der Waals surface area contributed by atoms with Crippen LogP contribution in [-0.4, -0.2) is 10.9 Å². The Bertz CT molecular complexity index is 576. The number of hydrogen-bond donors (Lipinski definition) is 1. The summed E-state index contributed by atoms with van der Waals surface area (Å²) >= 11 is 0. The number of carbonyl (C=O) groups is 1. The molecule has 2 rings (SSSR count). The SMILES string of the molecule is Cc1cccc(C(=O)NC(C)(C)c2cccnc2)c1. The van der Waals surface area contributed by atoms with E-state index in [4.69, 9.17) is 0 Å². The van der Waals surface area contributed by atoms with Crippen molar-refractivity contribution >= 4 is 5.91 Å². The number of rotatable bonds is 3. The van der Waals surface area contributed by atoms with Gasteiger partial charge in [0.15, 0.2) is 0 Å². The fourth-order valence-corrected chi connectivity index (χ4v) is 1.95. The minimum Gasteiger partial charge on any atom is -0.343 e. The molecule has 0 radical (unpaired) electrons. The molecule has 1 N–H and O–H groups in total. The first kappa shape index (κ1) is 13.3. The standard InChI is InChI=1S/C16H18N2O/c1-12-6-4-7-13(10-12)15(19)18-16(2,3)14-8-5-9-17-11-14/h4-11H,1-3H3,(H,18,19). The molecule has 0 aliphatic heterocycles. The van der Waals surface area contributed by atoms with E-state index >= 15 is 0 Å². The van der Waals surface area contributed by atoms with Gasteiger partial charge in [0.05, 0.1) is 5.54 Å². The first-order valence-electron chi connectivity index (χ1n) is 6.29. The zero-order chi connectivity index (χ0) is 13.9. The number of nitrogens with zero attached hydrogens (tertiary/aromatic N) is 1. The number of nitrogens with one attached hydrogen (secondary N) is 1. The molecule has 0 spiro atoms. The molecule has 0 atom stereocenters. The summed E-state index contributed by atoms with van der Waals surface area (Å²) in [6.07, 6.45) is 3.50. The highest BCUT2D eigenvalue weighted by atomic mass is 16.1. The third-order valence-electron chi connectivity index (χ3n) is 3.09. The maximum absolute atomic E-state index is 12.3. The van der Waals surface area contributed by atoms with E-state index in [2.05, 4.69) is 10.3 Å². The number of benzene rings is 1. The van der Waals surface area contributed by atoms with Crippen LogP contribution in [0, 0.1) is 6.92 Å². The number of hydrogen-bond acceptors (Lipinski definition) is 2. The van der Waals surface area contributed by atoms with Crippen LogP contribution in [0.25, 0.3) is 0 Å². The maximum Gasteiger partial charge on any atom is 0.251 e. The van der Waals surface area contributed by atoms with Gasteiger partial charge in [0.1, 0.15) is 0 Å². The predicted octanol–water partition coefficient (Wildman–Crippen LogP) is 3.06. The zero-order valence-electron chi connectivity index (χ0n) is 11.5. The van der Waals surface area contributed by atoms with Crippen molar-refractivity contribution in [1.82, 2.24) is 10.3 Å². The first-order chi connectivity index (χ1) is 8.99. The summed E-state index contributed by atoms with van der Waals surface area (Å²) in [6.45, 7) is 5.92. The Kier molecular flexibility index (Phi) is 3.65. The van der Waals surface area contributed by atoms with Gasteiger partial charge in [-0.25, -0.2) is 0 Å². The van der Waals surface area contributed by atoms with Crippen LogP contribution in [0.4, 0.5) is 0 Å². The van der Waals surface area contributed by atoms with Crippen LogP contribution >= 0.6 is 0 Å². The lowest BCUT2D eigenvalue weighted by Crippen LogP contribution is -2.41. The van der Waals surface area contributed by atoms with Gasteiger partial charge in [-0.05, 0) is 44.5 Å². The molecular weight excluding hydrogens is 236 g/mol. The van der Waals surface area contributed by atoms with E-state index in [0.29, 0.717) is 5.56 Å². The number of amides is 1. The lowest BCUT2D eigenvalue weighted by atomic mass is 9.95. The fraction of sp³-hybridized carbons (Fsp3) is 0.250. The summed E-state index contributed by atoms with van der Waals surface area (Å²) in [5.74, 6) is -0.0717. The molecule has 3 nitrogen and oxygen atoms in total.